The summed E-state index contributed by atoms with van der Waals surface area (Å²) in [5, 5.41) is 4.02. The quantitative estimate of drug-likeness (QED) is 0.251. The van der Waals surface area contributed by atoms with Crippen LogP contribution in [0.1, 0.15) is 30.7 Å². The fourth-order valence-electron chi connectivity index (χ4n) is 5.53. The Morgan fingerprint density at radius 2 is 1.62 bits per heavy atom. The molecule has 8 heteroatoms. The van der Waals surface area contributed by atoms with Gasteiger partial charge in [-0.05, 0) is 50.6 Å². The van der Waals surface area contributed by atoms with Crippen LogP contribution in [0, 0.1) is 6.92 Å². The number of anilines is 2. The summed E-state index contributed by atoms with van der Waals surface area (Å²) in [4.78, 5) is 9.35. The Bertz CT molecular complexity index is 1430. The minimum Gasteiger partial charge on any atom is -0.492 e. The Labute approximate surface area is 233 Å². The first kappa shape index (κ1) is 27.9. The number of benzene rings is 3. The first-order valence-electron chi connectivity index (χ1n) is 13.7. The van der Waals surface area contributed by atoms with E-state index in [-0.39, 0.29) is 5.75 Å². The third-order valence-corrected chi connectivity index (χ3v) is 7.42. The van der Waals surface area contributed by atoms with E-state index in [1.54, 1.807) is 6.07 Å². The van der Waals surface area contributed by atoms with Crippen LogP contribution < -0.4 is 10.1 Å². The van der Waals surface area contributed by atoms with E-state index in [2.05, 4.69) is 58.2 Å². The molecule has 1 aromatic heterocycles. The van der Waals surface area contributed by atoms with E-state index in [9.17, 15) is 13.2 Å². The van der Waals surface area contributed by atoms with Crippen molar-refractivity contribution in [1.82, 2.24) is 14.8 Å². The third-order valence-electron chi connectivity index (χ3n) is 7.42. The van der Waals surface area contributed by atoms with Crippen LogP contribution in [-0.2, 0) is 12.7 Å². The molecule has 1 N–H and O–H groups in total. The number of pyridine rings is 1. The molecule has 40 heavy (non-hydrogen) atoms. The average molecular weight is 549 g/mol. The molecule has 0 amide bonds. The minimum atomic E-state index is -4.49. The van der Waals surface area contributed by atoms with Gasteiger partial charge >= 0.3 is 6.18 Å². The molecule has 5 rings (SSSR count). The number of piperazine rings is 1. The molecule has 1 saturated heterocycles. The van der Waals surface area contributed by atoms with E-state index in [1.807, 2.05) is 43.3 Å². The monoisotopic (exact) mass is 548 g/mol. The highest BCUT2D eigenvalue weighted by molar-refractivity contribution is 5.93. The van der Waals surface area contributed by atoms with Crippen LogP contribution in [0.3, 0.4) is 0 Å². The number of aryl methyl sites for hydroxylation is 1. The molecule has 3 aromatic carbocycles. The Balaban J connectivity index is 1.26. The lowest BCUT2D eigenvalue weighted by Gasteiger charge is -2.44. The molecule has 1 aliphatic heterocycles. The standard InChI is InChI=1S/C32H35F3N4O/c1-22-15-31(29-11-7-8-12-30(29)36-22)37-27-16-26(32(33,34)35)17-28(18-27)40-14-13-38-19-23(2)39(24(3)20-38)21-25-9-5-4-6-10-25/h4-12,15-18,23-24H,13-14,19-21H2,1-3H3,(H,36,37)/t23-,24+. The largest absolute Gasteiger partial charge is 0.492 e. The predicted octanol–water partition coefficient (Wildman–Crippen LogP) is 7.28. The first-order valence-corrected chi connectivity index (χ1v) is 13.7. The number of hydrogen-bond acceptors (Lipinski definition) is 5. The average Bonchev–Trinajstić information content (AvgIpc) is 2.91. The highest BCUT2D eigenvalue weighted by Gasteiger charge is 2.32. The molecule has 0 spiro atoms. The zero-order chi connectivity index (χ0) is 28.3. The molecule has 2 heterocycles. The summed E-state index contributed by atoms with van der Waals surface area (Å²) in [7, 11) is 0. The maximum absolute atomic E-state index is 13.8. The molecule has 0 bridgehead atoms. The van der Waals surface area contributed by atoms with Crippen molar-refractivity contribution in [2.24, 2.45) is 0 Å². The molecule has 1 aliphatic rings. The van der Waals surface area contributed by atoms with Crippen molar-refractivity contribution in [3.63, 3.8) is 0 Å². The molecule has 5 nitrogen and oxygen atoms in total. The number of fused-ring (bicyclic) bond motifs is 1. The van der Waals surface area contributed by atoms with E-state index < -0.39 is 11.7 Å². The van der Waals surface area contributed by atoms with Crippen LogP contribution in [0.4, 0.5) is 24.5 Å². The highest BCUT2D eigenvalue weighted by Crippen LogP contribution is 2.36. The second-order valence-electron chi connectivity index (χ2n) is 10.7. The van der Waals surface area contributed by atoms with Gasteiger partial charge in [0.05, 0.1) is 11.1 Å². The maximum atomic E-state index is 13.8. The lowest BCUT2D eigenvalue weighted by molar-refractivity contribution is -0.137. The molecule has 210 valence electrons. The highest BCUT2D eigenvalue weighted by atomic mass is 19.4. The molecule has 1 fully saturated rings. The summed E-state index contributed by atoms with van der Waals surface area (Å²) < 4.78 is 47.3. The molecular weight excluding hydrogens is 513 g/mol. The number of rotatable bonds is 8. The minimum absolute atomic E-state index is 0.191. The number of ether oxygens (including phenoxy) is 1. The summed E-state index contributed by atoms with van der Waals surface area (Å²) >= 11 is 0. The summed E-state index contributed by atoms with van der Waals surface area (Å²) in [6, 6.07) is 24.4. The SMILES string of the molecule is Cc1cc(Nc2cc(OCCN3C[C@@H](C)N(Cc4ccccc4)[C@@H](C)C3)cc(C(F)(F)F)c2)c2ccccc2n1. The van der Waals surface area contributed by atoms with Crippen LogP contribution in [0.2, 0.25) is 0 Å². The van der Waals surface area contributed by atoms with Crippen molar-refractivity contribution in [1.29, 1.82) is 0 Å². The van der Waals surface area contributed by atoms with Crippen molar-refractivity contribution >= 4 is 22.3 Å². The topological polar surface area (TPSA) is 40.6 Å². The van der Waals surface area contributed by atoms with Gasteiger partial charge in [0.15, 0.2) is 0 Å². The number of halogens is 3. The van der Waals surface area contributed by atoms with Gasteiger partial charge in [-0.25, -0.2) is 0 Å². The molecule has 4 aromatic rings. The Hall–Kier alpha value is -3.62. The maximum Gasteiger partial charge on any atom is 0.416 e. The summed E-state index contributed by atoms with van der Waals surface area (Å²) in [6.45, 7) is 9.91. The van der Waals surface area contributed by atoms with Gasteiger partial charge in [0.2, 0.25) is 0 Å². The van der Waals surface area contributed by atoms with Crippen molar-refractivity contribution in [3.05, 3.63) is 95.7 Å². The van der Waals surface area contributed by atoms with E-state index in [0.29, 0.717) is 36.6 Å². The van der Waals surface area contributed by atoms with Gasteiger partial charge in [0.1, 0.15) is 12.4 Å². The molecule has 2 atom stereocenters. The second-order valence-corrected chi connectivity index (χ2v) is 10.7. The van der Waals surface area contributed by atoms with Crippen molar-refractivity contribution in [2.45, 2.75) is 45.6 Å². The van der Waals surface area contributed by atoms with E-state index >= 15 is 0 Å². The van der Waals surface area contributed by atoms with Gasteiger partial charge in [0.25, 0.3) is 0 Å². The normalized spacial score (nSPS) is 18.6. The molecular formula is C32H35F3N4O. The summed E-state index contributed by atoms with van der Waals surface area (Å²) in [5.74, 6) is 0.191. The van der Waals surface area contributed by atoms with Gasteiger partial charge in [0, 0.05) is 66.8 Å². The van der Waals surface area contributed by atoms with Crippen LogP contribution in [-0.4, -0.2) is 53.1 Å². The number of aromatic nitrogens is 1. The number of nitrogens with zero attached hydrogens (tertiary/aromatic N) is 3. The fourth-order valence-corrected chi connectivity index (χ4v) is 5.53. The van der Waals surface area contributed by atoms with Gasteiger partial charge in [-0.15, -0.1) is 0 Å². The first-order chi connectivity index (χ1) is 19.2. The zero-order valence-corrected chi connectivity index (χ0v) is 23.1. The number of alkyl halides is 3. The molecule has 0 saturated carbocycles. The number of para-hydroxylation sites is 1. The summed E-state index contributed by atoms with van der Waals surface area (Å²) in [6.07, 6.45) is -4.49. The third kappa shape index (κ3) is 6.74. The van der Waals surface area contributed by atoms with E-state index in [4.69, 9.17) is 4.74 Å². The van der Waals surface area contributed by atoms with Crippen LogP contribution in [0.25, 0.3) is 10.9 Å². The number of hydrogen-bond donors (Lipinski definition) is 1. The zero-order valence-electron chi connectivity index (χ0n) is 23.1. The van der Waals surface area contributed by atoms with Crippen molar-refractivity contribution in [2.75, 3.05) is 31.6 Å². The molecule has 0 radical (unpaired) electrons. The Morgan fingerprint density at radius 1 is 0.925 bits per heavy atom. The lowest BCUT2D eigenvalue weighted by Crippen LogP contribution is -2.56. The molecule has 0 aliphatic carbocycles. The van der Waals surface area contributed by atoms with Crippen LogP contribution in [0.15, 0.2) is 78.9 Å². The van der Waals surface area contributed by atoms with Gasteiger partial charge < -0.3 is 10.1 Å². The van der Waals surface area contributed by atoms with Crippen molar-refractivity contribution < 1.29 is 17.9 Å². The second kappa shape index (κ2) is 11.9. The van der Waals surface area contributed by atoms with Gasteiger partial charge in [-0.1, -0.05) is 48.5 Å². The molecule has 0 unspecified atom stereocenters. The fraction of sp³-hybridized carbons (Fsp3) is 0.344. The summed E-state index contributed by atoms with van der Waals surface area (Å²) in [5.41, 5.74) is 3.11. The Kier molecular flexibility index (Phi) is 8.28. The number of nitrogens with one attached hydrogen (secondary N) is 1. The predicted molar refractivity (Wildman–Crippen MR) is 154 cm³/mol. The van der Waals surface area contributed by atoms with Crippen LogP contribution >= 0.6 is 0 Å². The van der Waals surface area contributed by atoms with Gasteiger partial charge in [-0.2, -0.15) is 13.2 Å². The van der Waals surface area contributed by atoms with Gasteiger partial charge in [-0.3, -0.25) is 14.8 Å². The lowest BCUT2D eigenvalue weighted by atomic mass is 10.1. The smallest absolute Gasteiger partial charge is 0.416 e. The van der Waals surface area contributed by atoms with Crippen LogP contribution in [0.5, 0.6) is 5.75 Å². The Morgan fingerprint density at radius 3 is 2.35 bits per heavy atom. The van der Waals surface area contributed by atoms with E-state index in [0.717, 1.165) is 48.4 Å². The van der Waals surface area contributed by atoms with Crippen molar-refractivity contribution in [3.8, 4) is 5.75 Å². The van der Waals surface area contributed by atoms with E-state index in [1.165, 1.54) is 5.56 Å².